The maximum absolute atomic E-state index is 4.51. The van der Waals surface area contributed by atoms with Gasteiger partial charge in [-0.25, -0.2) is 4.98 Å². The Morgan fingerprint density at radius 1 is 1.21 bits per heavy atom. The highest BCUT2D eigenvalue weighted by Crippen LogP contribution is 2.26. The van der Waals surface area contributed by atoms with Crippen LogP contribution in [0.5, 0.6) is 0 Å². The molecule has 0 amide bonds. The van der Waals surface area contributed by atoms with Crippen molar-refractivity contribution in [3.63, 3.8) is 0 Å². The number of hydrogen-bond acceptors (Lipinski definition) is 2. The molecular weight excluding hydrogens is 240 g/mol. The van der Waals surface area contributed by atoms with Gasteiger partial charge in [0.1, 0.15) is 5.82 Å². The van der Waals surface area contributed by atoms with Crippen molar-refractivity contribution in [2.75, 3.05) is 12.4 Å². The lowest BCUT2D eigenvalue weighted by atomic mass is 10.1. The number of rotatable bonds is 1. The van der Waals surface area contributed by atoms with Crippen LogP contribution in [0.15, 0.2) is 28.7 Å². The Labute approximate surface area is 91.5 Å². The number of hydrogen-bond donors (Lipinski definition) is 1. The van der Waals surface area contributed by atoms with Gasteiger partial charge in [-0.15, -0.1) is 0 Å². The first-order valence-electron chi connectivity index (χ1n) is 4.46. The predicted molar refractivity (Wildman–Crippen MR) is 63.7 cm³/mol. The lowest BCUT2D eigenvalue weighted by Crippen LogP contribution is -1.93. The Morgan fingerprint density at radius 2 is 2.00 bits per heavy atom. The number of aromatic nitrogens is 1. The standard InChI is InChI=1S/C11H11BrN2/c1-7-3-5-9(12)8-4-6-10(13-2)14-11(7)8/h3-6H,1-2H3,(H,13,14). The zero-order chi connectivity index (χ0) is 10.1. The van der Waals surface area contributed by atoms with Crippen LogP contribution < -0.4 is 5.32 Å². The highest BCUT2D eigenvalue weighted by Gasteiger charge is 2.03. The molecule has 0 aliphatic heterocycles. The van der Waals surface area contributed by atoms with Crippen molar-refractivity contribution in [1.82, 2.24) is 4.98 Å². The van der Waals surface area contributed by atoms with E-state index in [2.05, 4.69) is 51.4 Å². The average Bonchev–Trinajstić information content (AvgIpc) is 2.23. The highest BCUT2D eigenvalue weighted by atomic mass is 79.9. The van der Waals surface area contributed by atoms with Crippen LogP contribution in [-0.4, -0.2) is 12.0 Å². The largest absolute Gasteiger partial charge is 0.373 e. The van der Waals surface area contributed by atoms with Gasteiger partial charge >= 0.3 is 0 Å². The molecule has 1 aromatic heterocycles. The summed E-state index contributed by atoms with van der Waals surface area (Å²) >= 11 is 3.52. The number of halogens is 1. The number of nitrogens with one attached hydrogen (secondary N) is 1. The second-order valence-electron chi connectivity index (χ2n) is 3.21. The zero-order valence-corrected chi connectivity index (χ0v) is 9.72. The minimum absolute atomic E-state index is 0.902. The molecule has 0 atom stereocenters. The summed E-state index contributed by atoms with van der Waals surface area (Å²) in [6, 6.07) is 8.18. The monoisotopic (exact) mass is 250 g/mol. The summed E-state index contributed by atoms with van der Waals surface area (Å²) < 4.78 is 1.09. The molecule has 1 N–H and O–H groups in total. The second-order valence-corrected chi connectivity index (χ2v) is 4.06. The third-order valence-electron chi connectivity index (χ3n) is 2.26. The van der Waals surface area contributed by atoms with Crippen molar-refractivity contribution in [2.45, 2.75) is 6.92 Å². The minimum Gasteiger partial charge on any atom is -0.373 e. The number of pyridine rings is 1. The van der Waals surface area contributed by atoms with Gasteiger partial charge in [0.25, 0.3) is 0 Å². The zero-order valence-electron chi connectivity index (χ0n) is 8.13. The second kappa shape index (κ2) is 3.58. The Kier molecular flexibility index (Phi) is 2.42. The molecule has 0 unspecified atom stereocenters. The molecule has 0 spiro atoms. The van der Waals surface area contributed by atoms with Gasteiger partial charge in [-0.1, -0.05) is 22.0 Å². The van der Waals surface area contributed by atoms with Crippen molar-refractivity contribution in [3.8, 4) is 0 Å². The summed E-state index contributed by atoms with van der Waals surface area (Å²) in [5.41, 5.74) is 2.24. The molecule has 0 bridgehead atoms. The van der Waals surface area contributed by atoms with Crippen LogP contribution in [0.1, 0.15) is 5.56 Å². The summed E-state index contributed by atoms with van der Waals surface area (Å²) in [5.74, 6) is 0.902. The van der Waals surface area contributed by atoms with Crippen LogP contribution in [-0.2, 0) is 0 Å². The van der Waals surface area contributed by atoms with Gasteiger partial charge in [-0.2, -0.15) is 0 Å². The van der Waals surface area contributed by atoms with Gasteiger partial charge in [-0.3, -0.25) is 0 Å². The van der Waals surface area contributed by atoms with Crippen molar-refractivity contribution < 1.29 is 0 Å². The molecule has 0 fully saturated rings. The van der Waals surface area contributed by atoms with E-state index in [1.807, 2.05) is 13.1 Å². The third-order valence-corrected chi connectivity index (χ3v) is 2.95. The maximum Gasteiger partial charge on any atom is 0.126 e. The fourth-order valence-electron chi connectivity index (χ4n) is 1.46. The van der Waals surface area contributed by atoms with Gasteiger partial charge in [0.2, 0.25) is 0 Å². The number of benzene rings is 1. The molecular formula is C11H11BrN2. The predicted octanol–water partition coefficient (Wildman–Crippen LogP) is 3.35. The molecule has 0 saturated carbocycles. The first-order valence-corrected chi connectivity index (χ1v) is 5.25. The Morgan fingerprint density at radius 3 is 2.71 bits per heavy atom. The van der Waals surface area contributed by atoms with Crippen molar-refractivity contribution >= 4 is 32.7 Å². The Bertz CT molecular complexity index is 480. The van der Waals surface area contributed by atoms with E-state index in [-0.39, 0.29) is 0 Å². The number of anilines is 1. The normalized spacial score (nSPS) is 10.5. The SMILES string of the molecule is CNc1ccc2c(Br)ccc(C)c2n1. The van der Waals surface area contributed by atoms with Crippen molar-refractivity contribution in [3.05, 3.63) is 34.3 Å². The highest BCUT2D eigenvalue weighted by molar-refractivity contribution is 9.10. The molecule has 2 nitrogen and oxygen atoms in total. The van der Waals surface area contributed by atoms with Crippen LogP contribution in [0, 0.1) is 6.92 Å². The van der Waals surface area contributed by atoms with E-state index in [1.165, 1.54) is 5.56 Å². The van der Waals surface area contributed by atoms with Crippen LogP contribution >= 0.6 is 15.9 Å². The Hall–Kier alpha value is -1.09. The lowest BCUT2D eigenvalue weighted by molar-refractivity contribution is 1.32. The number of aryl methyl sites for hydroxylation is 1. The molecule has 0 aliphatic carbocycles. The van der Waals surface area contributed by atoms with Crippen LogP contribution in [0.3, 0.4) is 0 Å². The molecule has 0 saturated heterocycles. The van der Waals surface area contributed by atoms with E-state index in [1.54, 1.807) is 0 Å². The van der Waals surface area contributed by atoms with E-state index in [4.69, 9.17) is 0 Å². The molecule has 72 valence electrons. The number of nitrogens with zero attached hydrogens (tertiary/aromatic N) is 1. The lowest BCUT2D eigenvalue weighted by Gasteiger charge is -2.05. The smallest absolute Gasteiger partial charge is 0.126 e. The molecule has 1 heterocycles. The fraction of sp³-hybridized carbons (Fsp3) is 0.182. The molecule has 1 aromatic carbocycles. The van der Waals surface area contributed by atoms with E-state index in [0.29, 0.717) is 0 Å². The minimum atomic E-state index is 0.902. The quantitative estimate of drug-likeness (QED) is 0.840. The molecule has 14 heavy (non-hydrogen) atoms. The van der Waals surface area contributed by atoms with Gasteiger partial charge in [0.15, 0.2) is 0 Å². The van der Waals surface area contributed by atoms with Crippen molar-refractivity contribution in [1.29, 1.82) is 0 Å². The van der Waals surface area contributed by atoms with Gasteiger partial charge in [-0.05, 0) is 30.7 Å². The number of fused-ring (bicyclic) bond motifs is 1. The average molecular weight is 251 g/mol. The first-order chi connectivity index (χ1) is 6.72. The molecule has 2 aromatic rings. The van der Waals surface area contributed by atoms with E-state index < -0.39 is 0 Å². The Balaban J connectivity index is 2.80. The van der Waals surface area contributed by atoms with Gasteiger partial charge in [0.05, 0.1) is 5.52 Å². The summed E-state index contributed by atoms with van der Waals surface area (Å²) in [5, 5.41) is 4.20. The van der Waals surface area contributed by atoms with Crippen molar-refractivity contribution in [2.24, 2.45) is 0 Å². The molecule has 2 rings (SSSR count). The molecule has 0 aliphatic rings. The summed E-state index contributed by atoms with van der Waals surface area (Å²) in [6.45, 7) is 2.07. The third kappa shape index (κ3) is 1.48. The summed E-state index contributed by atoms with van der Waals surface area (Å²) in [7, 11) is 1.88. The first kappa shape index (κ1) is 9.46. The van der Waals surface area contributed by atoms with E-state index in [9.17, 15) is 0 Å². The fourth-order valence-corrected chi connectivity index (χ4v) is 1.91. The van der Waals surface area contributed by atoms with E-state index >= 15 is 0 Å². The maximum atomic E-state index is 4.51. The van der Waals surface area contributed by atoms with E-state index in [0.717, 1.165) is 21.2 Å². The topological polar surface area (TPSA) is 24.9 Å². The van der Waals surface area contributed by atoms with Gasteiger partial charge in [0, 0.05) is 16.9 Å². The van der Waals surface area contributed by atoms with Crippen LogP contribution in [0.2, 0.25) is 0 Å². The van der Waals surface area contributed by atoms with Gasteiger partial charge < -0.3 is 5.32 Å². The van der Waals surface area contributed by atoms with Crippen LogP contribution in [0.4, 0.5) is 5.82 Å². The summed E-state index contributed by atoms with van der Waals surface area (Å²) in [6.07, 6.45) is 0. The molecule has 0 radical (unpaired) electrons. The molecule has 3 heteroatoms. The summed E-state index contributed by atoms with van der Waals surface area (Å²) in [4.78, 5) is 4.51. The van der Waals surface area contributed by atoms with Crippen LogP contribution in [0.25, 0.3) is 10.9 Å².